The summed E-state index contributed by atoms with van der Waals surface area (Å²) in [5.41, 5.74) is 8.31. The summed E-state index contributed by atoms with van der Waals surface area (Å²) in [7, 11) is 2.02. The van der Waals surface area contributed by atoms with Crippen LogP contribution in [0.3, 0.4) is 0 Å². The van der Waals surface area contributed by atoms with E-state index in [0.29, 0.717) is 17.4 Å². The largest absolute Gasteiger partial charge is 0.368 e. The van der Waals surface area contributed by atoms with Crippen molar-refractivity contribution in [3.63, 3.8) is 0 Å². The van der Waals surface area contributed by atoms with Crippen molar-refractivity contribution in [2.24, 2.45) is 0 Å². The molecule has 0 saturated carbocycles. The lowest BCUT2D eigenvalue weighted by Gasteiger charge is -2.47. The monoisotopic (exact) mass is 358 g/mol. The molecule has 3 heterocycles. The highest BCUT2D eigenvalue weighted by Crippen LogP contribution is 2.37. The highest BCUT2D eigenvalue weighted by atomic mass is 35.5. The number of nitrogens with zero attached hydrogens (tertiary/aromatic N) is 5. The Bertz CT molecular complexity index is 831. The number of carbonyl (C=O) groups is 1. The van der Waals surface area contributed by atoms with Gasteiger partial charge in [-0.3, -0.25) is 9.80 Å². The maximum absolute atomic E-state index is 13.3. The van der Waals surface area contributed by atoms with E-state index in [4.69, 9.17) is 17.3 Å². The number of amides is 2. The average molecular weight is 359 g/mol. The second-order valence-corrected chi connectivity index (χ2v) is 7.00. The molecule has 7 nitrogen and oxygen atoms in total. The molecule has 2 aliphatic rings. The number of halogens is 1. The van der Waals surface area contributed by atoms with E-state index in [2.05, 4.69) is 14.9 Å². The smallest absolute Gasteiger partial charge is 0.330 e. The molecule has 1 fully saturated rings. The molecule has 1 saturated heterocycles. The number of likely N-dealkylation sites (N-methyl/N-ethyl adjacent to an activating group) is 1. The van der Waals surface area contributed by atoms with E-state index in [1.54, 1.807) is 22.1 Å². The lowest BCUT2D eigenvalue weighted by Crippen LogP contribution is -2.63. The summed E-state index contributed by atoms with van der Waals surface area (Å²) in [6, 6.07) is 5.57. The van der Waals surface area contributed by atoms with E-state index in [0.717, 1.165) is 29.9 Å². The van der Waals surface area contributed by atoms with Gasteiger partial charge in [0.25, 0.3) is 0 Å². The number of hydrogen-bond acceptors (Lipinski definition) is 5. The molecule has 0 bridgehead atoms. The number of likely N-dealkylation sites (tertiary alicyclic amines) is 1. The minimum Gasteiger partial charge on any atom is -0.368 e. The normalized spacial score (nSPS) is 18.3. The Labute approximate surface area is 151 Å². The maximum atomic E-state index is 13.3. The second-order valence-electron chi connectivity index (χ2n) is 6.60. The van der Waals surface area contributed by atoms with Crippen LogP contribution in [0, 0.1) is 6.92 Å². The lowest BCUT2D eigenvalue weighted by molar-refractivity contribution is 0.179. The predicted octanol–water partition coefficient (Wildman–Crippen LogP) is 2.28. The van der Waals surface area contributed by atoms with E-state index in [1.165, 1.54) is 0 Å². The highest BCUT2D eigenvalue weighted by Gasteiger charge is 2.42. The van der Waals surface area contributed by atoms with Crippen molar-refractivity contribution in [1.29, 1.82) is 0 Å². The van der Waals surface area contributed by atoms with Crippen LogP contribution in [-0.2, 0) is 6.54 Å². The molecule has 130 valence electrons. The Balaban J connectivity index is 1.82. The fourth-order valence-corrected chi connectivity index (χ4v) is 3.81. The van der Waals surface area contributed by atoms with Gasteiger partial charge in [0.2, 0.25) is 5.95 Å². The molecular weight excluding hydrogens is 340 g/mol. The van der Waals surface area contributed by atoms with E-state index >= 15 is 0 Å². The van der Waals surface area contributed by atoms with Crippen molar-refractivity contribution < 1.29 is 4.79 Å². The van der Waals surface area contributed by atoms with Crippen molar-refractivity contribution in [3.05, 3.63) is 40.5 Å². The molecule has 2 amide bonds. The summed E-state index contributed by atoms with van der Waals surface area (Å²) >= 11 is 6.41. The predicted molar refractivity (Wildman–Crippen MR) is 98.0 cm³/mol. The SMILES string of the molecule is Cc1cccc(Cl)c1N1Cc2cnc(N)nc2N(C2CN(C)C2)C1=O. The topological polar surface area (TPSA) is 78.6 Å². The van der Waals surface area contributed by atoms with Crippen molar-refractivity contribution in [2.75, 3.05) is 35.7 Å². The molecule has 1 aromatic heterocycles. The van der Waals surface area contributed by atoms with Crippen molar-refractivity contribution in [1.82, 2.24) is 14.9 Å². The van der Waals surface area contributed by atoms with Crippen LogP contribution in [0.15, 0.2) is 24.4 Å². The van der Waals surface area contributed by atoms with E-state index in [9.17, 15) is 4.79 Å². The fourth-order valence-electron chi connectivity index (χ4n) is 3.49. The highest BCUT2D eigenvalue weighted by molar-refractivity contribution is 6.34. The Hall–Kier alpha value is -2.38. The third-order valence-corrected chi connectivity index (χ3v) is 5.03. The van der Waals surface area contributed by atoms with Crippen molar-refractivity contribution in [2.45, 2.75) is 19.5 Å². The molecule has 0 atom stereocenters. The fraction of sp³-hybridized carbons (Fsp3) is 0.353. The molecule has 25 heavy (non-hydrogen) atoms. The minimum absolute atomic E-state index is 0.0659. The Morgan fingerprint density at radius 2 is 2.08 bits per heavy atom. The first kappa shape index (κ1) is 16.1. The van der Waals surface area contributed by atoms with Crippen LogP contribution in [0.1, 0.15) is 11.1 Å². The number of rotatable bonds is 2. The molecule has 0 unspecified atom stereocenters. The van der Waals surface area contributed by atoms with Gasteiger partial charge in [-0.2, -0.15) is 4.98 Å². The van der Waals surface area contributed by atoms with E-state index in [-0.39, 0.29) is 18.0 Å². The molecule has 0 spiro atoms. The molecule has 0 radical (unpaired) electrons. The van der Waals surface area contributed by atoms with Gasteiger partial charge in [0.15, 0.2) is 0 Å². The van der Waals surface area contributed by atoms with Gasteiger partial charge in [0.1, 0.15) is 5.82 Å². The van der Waals surface area contributed by atoms with Gasteiger partial charge in [0, 0.05) is 24.8 Å². The number of urea groups is 1. The number of anilines is 3. The zero-order valence-electron chi connectivity index (χ0n) is 14.1. The van der Waals surface area contributed by atoms with Gasteiger partial charge in [-0.05, 0) is 25.6 Å². The number of para-hydroxylation sites is 1. The standard InChI is InChI=1S/C17H19ClN6O/c1-10-4-3-5-13(18)14(10)23-7-11-6-20-16(19)21-15(11)24(17(23)25)12-8-22(2)9-12/h3-6,12H,7-9H2,1-2H3,(H2,19,20,21). The first-order valence-corrected chi connectivity index (χ1v) is 8.49. The van der Waals surface area contributed by atoms with Crippen LogP contribution < -0.4 is 15.5 Å². The first-order chi connectivity index (χ1) is 12.0. The van der Waals surface area contributed by atoms with Gasteiger partial charge in [-0.25, -0.2) is 9.78 Å². The number of benzene rings is 1. The number of carbonyl (C=O) groups excluding carboxylic acids is 1. The molecule has 1 aromatic carbocycles. The lowest BCUT2D eigenvalue weighted by atomic mass is 10.0. The van der Waals surface area contributed by atoms with Gasteiger partial charge in [-0.1, -0.05) is 23.7 Å². The Kier molecular flexibility index (Phi) is 3.77. The van der Waals surface area contributed by atoms with Gasteiger partial charge in [0.05, 0.1) is 23.3 Å². The number of fused-ring (bicyclic) bond motifs is 1. The Morgan fingerprint density at radius 1 is 1.32 bits per heavy atom. The molecule has 4 rings (SSSR count). The summed E-state index contributed by atoms with van der Waals surface area (Å²) in [6.07, 6.45) is 1.69. The number of nitrogen functional groups attached to an aromatic ring is 1. The summed E-state index contributed by atoms with van der Waals surface area (Å²) in [5.74, 6) is 0.781. The Morgan fingerprint density at radius 3 is 2.76 bits per heavy atom. The molecule has 2 aromatic rings. The first-order valence-electron chi connectivity index (χ1n) is 8.11. The second kappa shape index (κ2) is 5.86. The molecule has 0 aliphatic carbocycles. The molecule has 2 aliphatic heterocycles. The van der Waals surface area contributed by atoms with Crippen LogP contribution in [-0.4, -0.2) is 47.1 Å². The quantitative estimate of drug-likeness (QED) is 0.891. The number of nitrogens with two attached hydrogens (primary N) is 1. The van der Waals surface area contributed by atoms with E-state index in [1.807, 2.05) is 26.1 Å². The molecule has 8 heteroatoms. The summed E-state index contributed by atoms with van der Waals surface area (Å²) in [4.78, 5) is 27.4. The van der Waals surface area contributed by atoms with Crippen LogP contribution >= 0.6 is 11.6 Å². The number of aryl methyl sites for hydroxylation is 1. The van der Waals surface area contributed by atoms with Crippen LogP contribution in [0.4, 0.5) is 22.2 Å². The zero-order chi connectivity index (χ0) is 17.7. The average Bonchev–Trinajstić information content (AvgIpc) is 2.53. The van der Waals surface area contributed by atoms with E-state index < -0.39 is 0 Å². The third kappa shape index (κ3) is 2.60. The number of aromatic nitrogens is 2. The van der Waals surface area contributed by atoms with Crippen molar-refractivity contribution in [3.8, 4) is 0 Å². The molecular formula is C17H19ClN6O. The summed E-state index contributed by atoms with van der Waals surface area (Å²) < 4.78 is 0. The zero-order valence-corrected chi connectivity index (χ0v) is 14.9. The summed E-state index contributed by atoms with van der Waals surface area (Å²) in [5, 5.41) is 0.554. The van der Waals surface area contributed by atoms with Crippen LogP contribution in [0.25, 0.3) is 0 Å². The van der Waals surface area contributed by atoms with Gasteiger partial charge < -0.3 is 10.6 Å². The van der Waals surface area contributed by atoms with Gasteiger partial charge >= 0.3 is 6.03 Å². The number of hydrogen-bond donors (Lipinski definition) is 1. The minimum atomic E-state index is -0.125. The third-order valence-electron chi connectivity index (χ3n) is 4.72. The maximum Gasteiger partial charge on any atom is 0.330 e. The van der Waals surface area contributed by atoms with Crippen LogP contribution in [0.5, 0.6) is 0 Å². The molecule has 2 N–H and O–H groups in total. The summed E-state index contributed by atoms with van der Waals surface area (Å²) in [6.45, 7) is 3.91. The van der Waals surface area contributed by atoms with Crippen LogP contribution in [0.2, 0.25) is 5.02 Å². The van der Waals surface area contributed by atoms with Gasteiger partial charge in [-0.15, -0.1) is 0 Å². The van der Waals surface area contributed by atoms with Crippen molar-refractivity contribution >= 4 is 35.1 Å².